The van der Waals surface area contributed by atoms with Gasteiger partial charge in [-0.15, -0.1) is 0 Å². The fraction of sp³-hybridized carbons (Fsp3) is 1.00. The Morgan fingerprint density at radius 1 is 1.25 bits per heavy atom. The van der Waals surface area contributed by atoms with Crippen molar-refractivity contribution in [3.05, 3.63) is 0 Å². The molecule has 1 N–H and O–H groups in total. The molecular weight excluding hydrogens is 196 g/mol. The molecule has 0 amide bonds. The van der Waals surface area contributed by atoms with Gasteiger partial charge in [0.05, 0.1) is 0 Å². The molecule has 16 heavy (non-hydrogen) atoms. The molecule has 0 aromatic heterocycles. The van der Waals surface area contributed by atoms with Crippen LogP contribution in [0.5, 0.6) is 0 Å². The van der Waals surface area contributed by atoms with Crippen molar-refractivity contribution in [1.82, 2.24) is 10.2 Å². The molecule has 2 heteroatoms. The molecule has 1 heterocycles. The number of hydrogen-bond donors (Lipinski definition) is 1. The van der Waals surface area contributed by atoms with Crippen LogP contribution in [0, 0.1) is 11.8 Å². The summed E-state index contributed by atoms with van der Waals surface area (Å²) >= 11 is 0. The number of likely N-dealkylation sites (tertiary alicyclic amines) is 1. The molecular formula is C14H28N2. The van der Waals surface area contributed by atoms with Gasteiger partial charge in [0.2, 0.25) is 0 Å². The van der Waals surface area contributed by atoms with Crippen LogP contribution < -0.4 is 5.32 Å². The van der Waals surface area contributed by atoms with Crippen LogP contribution >= 0.6 is 0 Å². The highest BCUT2D eigenvalue weighted by molar-refractivity contribution is 4.83. The molecule has 2 aliphatic rings. The third kappa shape index (κ3) is 2.98. The van der Waals surface area contributed by atoms with E-state index in [1.54, 1.807) is 0 Å². The monoisotopic (exact) mass is 224 g/mol. The van der Waals surface area contributed by atoms with Gasteiger partial charge in [0.25, 0.3) is 0 Å². The number of hydrogen-bond acceptors (Lipinski definition) is 2. The number of nitrogens with zero attached hydrogens (tertiary/aromatic N) is 1. The van der Waals surface area contributed by atoms with E-state index < -0.39 is 0 Å². The fourth-order valence-electron chi connectivity index (χ4n) is 3.56. The minimum atomic E-state index is 0.810. The third-order valence-electron chi connectivity index (χ3n) is 4.79. The number of rotatable bonds is 5. The smallest absolute Gasteiger partial charge is 0.00928 e. The number of nitrogens with one attached hydrogen (secondary N) is 1. The molecule has 2 fully saturated rings. The zero-order valence-electron chi connectivity index (χ0n) is 11.0. The fourth-order valence-corrected chi connectivity index (χ4v) is 3.56. The van der Waals surface area contributed by atoms with Gasteiger partial charge in [0.15, 0.2) is 0 Å². The molecule has 2 rings (SSSR count). The summed E-state index contributed by atoms with van der Waals surface area (Å²) in [6.07, 6.45) is 8.53. The Hall–Kier alpha value is -0.0800. The van der Waals surface area contributed by atoms with Crippen molar-refractivity contribution in [2.45, 2.75) is 51.5 Å². The highest BCUT2D eigenvalue weighted by atomic mass is 15.1. The second kappa shape index (κ2) is 6.02. The van der Waals surface area contributed by atoms with Gasteiger partial charge in [-0.2, -0.15) is 0 Å². The summed E-state index contributed by atoms with van der Waals surface area (Å²) in [6, 6.07) is 0.810. The van der Waals surface area contributed by atoms with Crippen molar-refractivity contribution in [2.75, 3.05) is 26.7 Å². The van der Waals surface area contributed by atoms with Gasteiger partial charge in [-0.05, 0) is 57.7 Å². The molecule has 1 saturated carbocycles. The van der Waals surface area contributed by atoms with Crippen LogP contribution in [0.1, 0.15) is 45.4 Å². The van der Waals surface area contributed by atoms with Crippen LogP contribution in [0.4, 0.5) is 0 Å². The first-order valence-corrected chi connectivity index (χ1v) is 7.23. The molecule has 0 aromatic rings. The lowest BCUT2D eigenvalue weighted by Crippen LogP contribution is -2.32. The average molecular weight is 224 g/mol. The lowest BCUT2D eigenvalue weighted by atomic mass is 9.99. The molecule has 0 spiro atoms. The summed E-state index contributed by atoms with van der Waals surface area (Å²) in [7, 11) is 2.13. The maximum atomic E-state index is 3.49. The largest absolute Gasteiger partial charge is 0.317 e. The van der Waals surface area contributed by atoms with E-state index in [0.29, 0.717) is 0 Å². The Morgan fingerprint density at radius 3 is 2.81 bits per heavy atom. The van der Waals surface area contributed by atoms with Gasteiger partial charge in [-0.25, -0.2) is 0 Å². The normalized spacial score (nSPS) is 36.0. The topological polar surface area (TPSA) is 15.3 Å². The van der Waals surface area contributed by atoms with E-state index in [0.717, 1.165) is 17.9 Å². The van der Waals surface area contributed by atoms with Gasteiger partial charge < -0.3 is 10.2 Å². The van der Waals surface area contributed by atoms with E-state index in [1.807, 2.05) is 0 Å². The lowest BCUT2D eigenvalue weighted by molar-refractivity contribution is 0.277. The van der Waals surface area contributed by atoms with Gasteiger partial charge in [-0.1, -0.05) is 19.8 Å². The van der Waals surface area contributed by atoms with E-state index in [4.69, 9.17) is 0 Å². The summed E-state index contributed by atoms with van der Waals surface area (Å²) < 4.78 is 0. The average Bonchev–Trinajstić information content (AvgIpc) is 2.94. The summed E-state index contributed by atoms with van der Waals surface area (Å²) in [4.78, 5) is 2.69. The predicted octanol–water partition coefficient (Wildman–Crippen LogP) is 2.50. The SMILES string of the molecule is CCC1CCN(CCC2CCCC2NC)C1. The van der Waals surface area contributed by atoms with Crippen LogP contribution in [0.25, 0.3) is 0 Å². The van der Waals surface area contributed by atoms with Gasteiger partial charge >= 0.3 is 0 Å². The molecule has 0 aromatic carbocycles. The van der Waals surface area contributed by atoms with Gasteiger partial charge in [0, 0.05) is 12.6 Å². The Morgan fingerprint density at radius 2 is 2.12 bits per heavy atom. The summed E-state index contributed by atoms with van der Waals surface area (Å²) in [5, 5.41) is 3.49. The molecule has 2 nitrogen and oxygen atoms in total. The second-order valence-electron chi connectivity index (χ2n) is 5.74. The van der Waals surface area contributed by atoms with Crippen LogP contribution in [0.3, 0.4) is 0 Å². The zero-order valence-corrected chi connectivity index (χ0v) is 11.0. The molecule has 1 aliphatic carbocycles. The minimum Gasteiger partial charge on any atom is -0.317 e. The summed E-state index contributed by atoms with van der Waals surface area (Å²) in [5.41, 5.74) is 0. The second-order valence-corrected chi connectivity index (χ2v) is 5.74. The van der Waals surface area contributed by atoms with Crippen LogP contribution in [0.2, 0.25) is 0 Å². The van der Waals surface area contributed by atoms with Crippen molar-refractivity contribution in [1.29, 1.82) is 0 Å². The van der Waals surface area contributed by atoms with Gasteiger partial charge in [0.1, 0.15) is 0 Å². The maximum absolute atomic E-state index is 3.49. The molecule has 1 aliphatic heterocycles. The first kappa shape index (κ1) is 12.4. The molecule has 1 saturated heterocycles. The standard InChI is InChI=1S/C14H28N2/c1-3-12-7-9-16(11-12)10-8-13-5-4-6-14(13)15-2/h12-15H,3-11H2,1-2H3. The summed E-state index contributed by atoms with van der Waals surface area (Å²) in [5.74, 6) is 1.94. The Bertz CT molecular complexity index is 205. The first-order valence-electron chi connectivity index (χ1n) is 7.23. The first-order chi connectivity index (χ1) is 7.83. The van der Waals surface area contributed by atoms with E-state index >= 15 is 0 Å². The van der Waals surface area contributed by atoms with Crippen molar-refractivity contribution in [2.24, 2.45) is 11.8 Å². The van der Waals surface area contributed by atoms with E-state index in [9.17, 15) is 0 Å². The lowest BCUT2D eigenvalue weighted by Gasteiger charge is -2.22. The van der Waals surface area contributed by atoms with Crippen molar-refractivity contribution < 1.29 is 0 Å². The molecule has 3 atom stereocenters. The predicted molar refractivity (Wildman–Crippen MR) is 69.6 cm³/mol. The van der Waals surface area contributed by atoms with Crippen molar-refractivity contribution >= 4 is 0 Å². The maximum Gasteiger partial charge on any atom is 0.00928 e. The minimum absolute atomic E-state index is 0.810. The van der Waals surface area contributed by atoms with Crippen LogP contribution in [-0.4, -0.2) is 37.6 Å². The molecule has 3 unspecified atom stereocenters. The van der Waals surface area contributed by atoms with Crippen molar-refractivity contribution in [3.63, 3.8) is 0 Å². The van der Waals surface area contributed by atoms with E-state index in [2.05, 4.69) is 24.2 Å². The quantitative estimate of drug-likeness (QED) is 0.772. The van der Waals surface area contributed by atoms with Crippen LogP contribution in [-0.2, 0) is 0 Å². The van der Waals surface area contributed by atoms with E-state index in [-0.39, 0.29) is 0 Å². The summed E-state index contributed by atoms with van der Waals surface area (Å²) in [6.45, 7) is 6.41. The zero-order chi connectivity index (χ0) is 11.4. The Balaban J connectivity index is 1.67. The van der Waals surface area contributed by atoms with Gasteiger partial charge in [-0.3, -0.25) is 0 Å². The Labute approximate surface area is 101 Å². The highest BCUT2D eigenvalue weighted by Gasteiger charge is 2.27. The van der Waals surface area contributed by atoms with Crippen molar-refractivity contribution in [3.8, 4) is 0 Å². The van der Waals surface area contributed by atoms with Crippen LogP contribution in [0.15, 0.2) is 0 Å². The molecule has 0 radical (unpaired) electrons. The third-order valence-corrected chi connectivity index (χ3v) is 4.79. The molecule has 94 valence electrons. The molecule has 0 bridgehead atoms. The highest BCUT2D eigenvalue weighted by Crippen LogP contribution is 2.29. The Kier molecular flexibility index (Phi) is 4.66. The van der Waals surface area contributed by atoms with E-state index in [1.165, 1.54) is 58.2 Å².